The van der Waals surface area contributed by atoms with Gasteiger partial charge in [-0.2, -0.15) is 0 Å². The highest BCUT2D eigenvalue weighted by Gasteiger charge is 2.54. The third-order valence-electron chi connectivity index (χ3n) is 11.1. The maximum absolute atomic E-state index is 13.5. The highest BCUT2D eigenvalue weighted by molar-refractivity contribution is 5.80. The molecule has 2 heterocycles. The van der Waals surface area contributed by atoms with E-state index in [1.54, 1.807) is 81.2 Å². The van der Waals surface area contributed by atoms with Gasteiger partial charge in [0, 0.05) is 13.1 Å². The lowest BCUT2D eigenvalue weighted by atomic mass is 9.83. The summed E-state index contributed by atoms with van der Waals surface area (Å²) in [5.74, 6) is -0.810. The van der Waals surface area contributed by atoms with Crippen LogP contribution in [0.2, 0.25) is 0 Å². The van der Waals surface area contributed by atoms with Gasteiger partial charge in [-0.1, -0.05) is 43.7 Å². The molecule has 6 unspecified atom stereocenters. The van der Waals surface area contributed by atoms with Crippen molar-refractivity contribution in [1.82, 2.24) is 26.2 Å². The van der Waals surface area contributed by atoms with Gasteiger partial charge in [0.05, 0.1) is 36.9 Å². The number of hydrogen-bond donors (Lipinski definition) is 9. The fraction of sp³-hybridized carbons (Fsp3) is 0.783. The van der Waals surface area contributed by atoms with Gasteiger partial charge in [0.2, 0.25) is 5.91 Å². The summed E-state index contributed by atoms with van der Waals surface area (Å²) in [6.45, 7) is 16.5. The molecule has 0 bridgehead atoms. The number of carbonyl (C=O) groups excluding carboxylic acids is 4. The largest absolute Gasteiger partial charge is 0.444 e. The minimum Gasteiger partial charge on any atom is -0.444 e. The van der Waals surface area contributed by atoms with Crippen LogP contribution in [0, 0.1) is 0 Å². The molecule has 382 valence electrons. The third kappa shape index (κ3) is 17.2. The number of alkyl carbamates (subject to hydrolysis) is 3. The number of nitrogens with zero attached hydrogens (tertiary/aromatic N) is 1. The Hall–Kier alpha value is -3.90. The molecule has 67 heavy (non-hydrogen) atoms. The molecule has 1 aliphatic carbocycles. The van der Waals surface area contributed by atoms with Crippen molar-refractivity contribution in [3.8, 4) is 0 Å². The minimum atomic E-state index is -1.83. The molecule has 3 aliphatic rings. The van der Waals surface area contributed by atoms with E-state index in [-0.39, 0.29) is 32.4 Å². The maximum Gasteiger partial charge on any atom is 0.408 e. The Labute approximate surface area is 393 Å². The first kappa shape index (κ1) is 55.7. The van der Waals surface area contributed by atoms with Crippen molar-refractivity contribution in [2.24, 2.45) is 0 Å². The van der Waals surface area contributed by atoms with Crippen LogP contribution in [0.5, 0.6) is 0 Å². The van der Waals surface area contributed by atoms with Gasteiger partial charge in [-0.15, -0.1) is 0 Å². The molecule has 0 radical (unpaired) electrons. The lowest BCUT2D eigenvalue weighted by molar-refractivity contribution is -0.323. The van der Waals surface area contributed by atoms with Crippen LogP contribution in [0.25, 0.3) is 0 Å². The predicted octanol–water partition coefficient (Wildman–Crippen LogP) is 1.92. The molecule has 3 fully saturated rings. The summed E-state index contributed by atoms with van der Waals surface area (Å²) in [6.07, 6.45) is -15.9. The fourth-order valence-electron chi connectivity index (χ4n) is 8.21. The van der Waals surface area contributed by atoms with Gasteiger partial charge in [0.25, 0.3) is 0 Å². The molecule has 0 spiro atoms. The topological polar surface area (TPSA) is 285 Å². The second-order valence-corrected chi connectivity index (χ2v) is 20.5. The Kier molecular flexibility index (Phi) is 20.0. The fourth-order valence-corrected chi connectivity index (χ4v) is 8.21. The second kappa shape index (κ2) is 24.1. The van der Waals surface area contributed by atoms with Crippen LogP contribution >= 0.6 is 0 Å². The Morgan fingerprint density at radius 2 is 1.27 bits per heavy atom. The number of likely N-dealkylation sites (N-methyl/N-ethyl adjacent to an activating group) is 1. The van der Waals surface area contributed by atoms with Crippen molar-refractivity contribution in [3.05, 3.63) is 35.9 Å². The Morgan fingerprint density at radius 1 is 0.731 bits per heavy atom. The highest BCUT2D eigenvalue weighted by atomic mass is 16.7. The van der Waals surface area contributed by atoms with Crippen molar-refractivity contribution in [3.63, 3.8) is 0 Å². The van der Waals surface area contributed by atoms with Crippen molar-refractivity contribution in [2.75, 3.05) is 20.2 Å². The summed E-state index contributed by atoms with van der Waals surface area (Å²) >= 11 is 0. The minimum absolute atomic E-state index is 0.0324. The maximum atomic E-state index is 13.5. The van der Waals surface area contributed by atoms with Crippen molar-refractivity contribution in [2.45, 2.75) is 210 Å². The number of aliphatic hydroxyl groups excluding tert-OH is 5. The smallest absolute Gasteiger partial charge is 0.408 e. The molecule has 2 saturated heterocycles. The van der Waals surface area contributed by atoms with Crippen molar-refractivity contribution < 1.29 is 77.9 Å². The molecule has 21 nitrogen and oxygen atoms in total. The first-order chi connectivity index (χ1) is 31.2. The number of carbonyl (C=O) groups is 4. The summed E-state index contributed by atoms with van der Waals surface area (Å²) in [5.41, 5.74) is -1.76. The molecule has 1 saturated carbocycles. The van der Waals surface area contributed by atoms with E-state index in [2.05, 4.69) is 21.3 Å². The van der Waals surface area contributed by atoms with Crippen LogP contribution in [0.3, 0.4) is 0 Å². The van der Waals surface area contributed by atoms with E-state index in [1.807, 2.05) is 30.3 Å². The van der Waals surface area contributed by atoms with Crippen LogP contribution in [0.1, 0.15) is 107 Å². The Morgan fingerprint density at radius 3 is 1.82 bits per heavy atom. The zero-order valence-corrected chi connectivity index (χ0v) is 40.8. The van der Waals surface area contributed by atoms with Crippen LogP contribution < -0.4 is 21.3 Å². The number of benzene rings is 1. The molecule has 0 aromatic heterocycles. The van der Waals surface area contributed by atoms with Gasteiger partial charge in [-0.25, -0.2) is 14.4 Å². The molecule has 14 atom stereocenters. The predicted molar refractivity (Wildman–Crippen MR) is 241 cm³/mol. The SMILES string of the molecule is CCC[C@H](O)C(=O)N[C@@H]1C[C@@H](NC(=O)OC(C)(C)C)C(O[C@H]2OC(CNC(=O)OC(C)(C)C)CCC2NC(=O)OC(C)(C)C)C(O)[C@H]1O[C@H]1OC(CO)[C@@H](O)[C@H](N(C)Cc2ccccc2)C1O. The van der Waals surface area contributed by atoms with Crippen LogP contribution in [-0.4, -0.2) is 177 Å². The number of hydrogen-bond acceptors (Lipinski definition) is 17. The Bertz CT molecular complexity index is 1740. The molecule has 4 amide bonds. The van der Waals surface area contributed by atoms with E-state index < -0.39 is 133 Å². The average Bonchev–Trinajstić information content (AvgIpc) is 3.19. The van der Waals surface area contributed by atoms with E-state index >= 15 is 0 Å². The van der Waals surface area contributed by atoms with Gasteiger partial charge >= 0.3 is 18.3 Å². The zero-order chi connectivity index (χ0) is 50.0. The summed E-state index contributed by atoms with van der Waals surface area (Å²) < 4.78 is 42.0. The standard InChI is InChI=1S/C46H77N5O16/c1-12-16-30(53)38(57)48-28-21-29(50-43(60)67-46(8,9)10)37(63-39-27(49-42(59)66-45(5,6)7)20-19-26(61-39)22-47-41(58)65-44(2,3)4)35(56)36(28)64-40-34(55)32(33(54)31(24-52)62-40)51(11)23-25-17-14-13-15-18-25/h13-15,17-18,26-37,39-40,52-56H,12,16,19-24H2,1-11H3,(H,47,58)(H,48,57)(H,49,59)(H,50,60)/t26?,27?,28-,29-,30+,31?,32+,33-,34?,35?,36+,37?,39-,40-/m1/s1. The summed E-state index contributed by atoms with van der Waals surface area (Å²) in [6, 6.07) is 4.87. The first-order valence-electron chi connectivity index (χ1n) is 23.1. The molecule has 2 aliphatic heterocycles. The number of amides is 4. The molecule has 1 aromatic carbocycles. The highest BCUT2D eigenvalue weighted by Crippen LogP contribution is 2.34. The molecule has 21 heteroatoms. The van der Waals surface area contributed by atoms with Crippen molar-refractivity contribution >= 4 is 24.2 Å². The summed E-state index contributed by atoms with van der Waals surface area (Å²) in [4.78, 5) is 54.6. The van der Waals surface area contributed by atoms with Crippen LogP contribution in [0.4, 0.5) is 14.4 Å². The average molecular weight is 956 g/mol. The van der Waals surface area contributed by atoms with E-state index in [9.17, 15) is 44.7 Å². The van der Waals surface area contributed by atoms with E-state index in [0.717, 1.165) is 5.56 Å². The van der Waals surface area contributed by atoms with Gasteiger partial charge in [0.1, 0.15) is 59.5 Å². The van der Waals surface area contributed by atoms with Gasteiger partial charge in [0.15, 0.2) is 12.6 Å². The number of rotatable bonds is 16. The number of ether oxygens (including phenoxy) is 7. The first-order valence-corrected chi connectivity index (χ1v) is 23.1. The van der Waals surface area contributed by atoms with Gasteiger partial charge in [-0.05, 0) is 101 Å². The lowest BCUT2D eigenvalue weighted by Crippen LogP contribution is -2.70. The Balaban J connectivity index is 1.75. The molecule has 9 N–H and O–H groups in total. The molecular weight excluding hydrogens is 879 g/mol. The van der Waals surface area contributed by atoms with Crippen molar-refractivity contribution in [1.29, 1.82) is 0 Å². The van der Waals surface area contributed by atoms with Gasteiger partial charge in [-0.3, -0.25) is 9.69 Å². The monoisotopic (exact) mass is 956 g/mol. The molecule has 4 rings (SSSR count). The van der Waals surface area contributed by atoms with E-state index in [0.29, 0.717) is 12.8 Å². The molecule has 1 aromatic rings. The summed E-state index contributed by atoms with van der Waals surface area (Å²) in [5, 5.41) is 68.0. The number of nitrogens with one attached hydrogen (secondary N) is 4. The third-order valence-corrected chi connectivity index (χ3v) is 11.1. The van der Waals surface area contributed by atoms with Crippen LogP contribution in [-0.2, 0) is 44.5 Å². The summed E-state index contributed by atoms with van der Waals surface area (Å²) in [7, 11) is 1.67. The number of aliphatic hydroxyl groups is 5. The second-order valence-electron chi connectivity index (χ2n) is 20.5. The normalized spacial score (nSPS) is 31.0. The van der Waals surface area contributed by atoms with Gasteiger partial charge < -0.3 is 80.0 Å². The van der Waals surface area contributed by atoms with E-state index in [1.165, 1.54) is 0 Å². The zero-order valence-electron chi connectivity index (χ0n) is 40.8. The van der Waals surface area contributed by atoms with Crippen LogP contribution in [0.15, 0.2) is 30.3 Å². The molecular formula is C46H77N5O16. The quantitative estimate of drug-likeness (QED) is 0.107. The van der Waals surface area contributed by atoms with E-state index in [4.69, 9.17) is 33.2 Å². The lowest BCUT2D eigenvalue weighted by Gasteiger charge is -2.50.